The van der Waals surface area contributed by atoms with Gasteiger partial charge in [-0.05, 0) is 27.2 Å². The lowest BCUT2D eigenvalue weighted by molar-refractivity contribution is 0.493. The number of aryl methyl sites for hydroxylation is 2. The van der Waals surface area contributed by atoms with E-state index in [0.717, 1.165) is 36.8 Å². The van der Waals surface area contributed by atoms with Gasteiger partial charge in [0.1, 0.15) is 24.3 Å². The maximum absolute atomic E-state index is 4.60. The zero-order chi connectivity index (χ0) is 13.4. The zero-order valence-corrected chi connectivity index (χ0v) is 11.5. The van der Waals surface area contributed by atoms with E-state index in [4.69, 9.17) is 0 Å². The van der Waals surface area contributed by atoms with Gasteiger partial charge in [0.05, 0.1) is 6.04 Å². The summed E-state index contributed by atoms with van der Waals surface area (Å²) in [5, 5.41) is 4.23. The maximum atomic E-state index is 4.60. The van der Waals surface area contributed by atoms with Crippen LogP contribution in [-0.2, 0) is 0 Å². The molecule has 0 bridgehead atoms. The third-order valence-corrected chi connectivity index (χ3v) is 3.75. The number of hydrogen-bond acceptors (Lipinski definition) is 5. The van der Waals surface area contributed by atoms with E-state index in [0.29, 0.717) is 6.04 Å². The van der Waals surface area contributed by atoms with E-state index in [1.54, 1.807) is 12.7 Å². The van der Waals surface area contributed by atoms with Crippen molar-refractivity contribution in [2.75, 3.05) is 18.0 Å². The van der Waals surface area contributed by atoms with Crippen LogP contribution in [0.1, 0.15) is 29.5 Å². The number of hydrogen-bond donors (Lipinski definition) is 0. The fourth-order valence-corrected chi connectivity index (χ4v) is 2.61. The van der Waals surface area contributed by atoms with Crippen LogP contribution in [0.4, 0.5) is 5.82 Å². The third kappa shape index (κ3) is 2.18. The topological polar surface area (TPSA) is 59.7 Å². The van der Waals surface area contributed by atoms with Crippen molar-refractivity contribution in [1.82, 2.24) is 24.7 Å². The van der Waals surface area contributed by atoms with Gasteiger partial charge < -0.3 is 4.90 Å². The second-order valence-electron chi connectivity index (χ2n) is 5.07. The van der Waals surface area contributed by atoms with Gasteiger partial charge in [-0.25, -0.2) is 19.6 Å². The molecule has 1 atom stereocenters. The van der Waals surface area contributed by atoms with E-state index in [1.165, 1.54) is 5.56 Å². The van der Waals surface area contributed by atoms with E-state index >= 15 is 0 Å². The smallest absolute Gasteiger partial charge is 0.137 e. The molecule has 1 saturated heterocycles. The van der Waals surface area contributed by atoms with Gasteiger partial charge in [0.2, 0.25) is 0 Å². The molecule has 1 aliphatic rings. The minimum atomic E-state index is 0.387. The SMILES string of the molecule is Cc1nc(C)c(C)c(N2CCC(n3cncn3)C2)n1. The highest BCUT2D eigenvalue weighted by atomic mass is 15.4. The molecule has 3 rings (SSSR count). The highest BCUT2D eigenvalue weighted by molar-refractivity contribution is 5.49. The number of nitrogens with zero attached hydrogens (tertiary/aromatic N) is 6. The van der Waals surface area contributed by atoms with Gasteiger partial charge in [0, 0.05) is 24.3 Å². The van der Waals surface area contributed by atoms with Gasteiger partial charge >= 0.3 is 0 Å². The number of aromatic nitrogens is 5. The van der Waals surface area contributed by atoms with Gasteiger partial charge in [-0.2, -0.15) is 5.10 Å². The Hall–Kier alpha value is -1.98. The van der Waals surface area contributed by atoms with Gasteiger partial charge in [-0.1, -0.05) is 0 Å². The van der Waals surface area contributed by atoms with E-state index in [2.05, 4.69) is 31.9 Å². The lowest BCUT2D eigenvalue weighted by atomic mass is 10.2. The molecule has 19 heavy (non-hydrogen) atoms. The summed E-state index contributed by atoms with van der Waals surface area (Å²) in [6.07, 6.45) is 4.45. The highest BCUT2D eigenvalue weighted by Crippen LogP contribution is 2.28. The average Bonchev–Trinajstić information content (AvgIpc) is 3.03. The minimum absolute atomic E-state index is 0.387. The Morgan fingerprint density at radius 1 is 1.21 bits per heavy atom. The Morgan fingerprint density at radius 2 is 2.05 bits per heavy atom. The summed E-state index contributed by atoms with van der Waals surface area (Å²) < 4.78 is 1.94. The molecule has 1 fully saturated rings. The van der Waals surface area contributed by atoms with E-state index in [9.17, 15) is 0 Å². The third-order valence-electron chi connectivity index (χ3n) is 3.75. The summed E-state index contributed by atoms with van der Waals surface area (Å²) in [6, 6.07) is 0.387. The fourth-order valence-electron chi connectivity index (χ4n) is 2.61. The molecule has 3 heterocycles. The second kappa shape index (κ2) is 4.60. The van der Waals surface area contributed by atoms with Crippen molar-refractivity contribution < 1.29 is 0 Å². The molecule has 6 heteroatoms. The molecule has 100 valence electrons. The standard InChI is InChI=1S/C13H18N6/c1-9-10(2)16-11(3)17-13(9)18-5-4-12(6-18)19-8-14-7-15-19/h7-8,12H,4-6H2,1-3H3. The Bertz CT molecular complexity index is 577. The lowest BCUT2D eigenvalue weighted by Crippen LogP contribution is -2.24. The monoisotopic (exact) mass is 258 g/mol. The Balaban J connectivity index is 1.85. The van der Waals surface area contributed by atoms with Crippen LogP contribution in [0, 0.1) is 20.8 Å². The first-order chi connectivity index (χ1) is 9.15. The molecule has 1 unspecified atom stereocenters. The Kier molecular flexibility index (Phi) is 2.93. The number of rotatable bonds is 2. The predicted octanol–water partition coefficient (Wildman–Crippen LogP) is 1.44. The molecule has 0 radical (unpaired) electrons. The highest BCUT2D eigenvalue weighted by Gasteiger charge is 2.26. The summed E-state index contributed by atoms with van der Waals surface area (Å²) in [5.41, 5.74) is 2.23. The van der Waals surface area contributed by atoms with Crippen LogP contribution in [0.3, 0.4) is 0 Å². The molecule has 0 saturated carbocycles. The van der Waals surface area contributed by atoms with Crippen molar-refractivity contribution in [3.63, 3.8) is 0 Å². The molecular formula is C13H18N6. The second-order valence-corrected chi connectivity index (χ2v) is 5.07. The van der Waals surface area contributed by atoms with Crippen molar-refractivity contribution >= 4 is 5.82 Å². The van der Waals surface area contributed by atoms with Gasteiger partial charge in [-0.3, -0.25) is 0 Å². The van der Waals surface area contributed by atoms with Crippen LogP contribution < -0.4 is 4.90 Å². The summed E-state index contributed by atoms with van der Waals surface area (Å²) in [7, 11) is 0. The van der Waals surface area contributed by atoms with Crippen molar-refractivity contribution in [3.8, 4) is 0 Å². The van der Waals surface area contributed by atoms with Crippen LogP contribution in [0.15, 0.2) is 12.7 Å². The van der Waals surface area contributed by atoms with E-state index in [1.807, 2.05) is 18.5 Å². The molecule has 0 spiro atoms. The summed E-state index contributed by atoms with van der Waals surface area (Å²) in [4.78, 5) is 15.4. The summed E-state index contributed by atoms with van der Waals surface area (Å²) in [5.74, 6) is 1.90. The van der Waals surface area contributed by atoms with Crippen molar-refractivity contribution in [1.29, 1.82) is 0 Å². The Morgan fingerprint density at radius 3 is 2.79 bits per heavy atom. The fraction of sp³-hybridized carbons (Fsp3) is 0.538. The molecule has 0 aliphatic carbocycles. The normalized spacial score (nSPS) is 19.1. The van der Waals surface area contributed by atoms with Gasteiger partial charge in [0.15, 0.2) is 0 Å². The van der Waals surface area contributed by atoms with Crippen LogP contribution >= 0.6 is 0 Å². The van der Waals surface area contributed by atoms with Gasteiger partial charge in [0.25, 0.3) is 0 Å². The quantitative estimate of drug-likeness (QED) is 0.816. The van der Waals surface area contributed by atoms with Crippen LogP contribution in [0.5, 0.6) is 0 Å². The number of anilines is 1. The molecule has 0 aromatic carbocycles. The summed E-state index contributed by atoms with van der Waals surface area (Å²) in [6.45, 7) is 8.01. The zero-order valence-electron chi connectivity index (χ0n) is 11.5. The largest absolute Gasteiger partial charge is 0.354 e. The Labute approximate surface area is 112 Å². The van der Waals surface area contributed by atoms with Crippen LogP contribution in [0.25, 0.3) is 0 Å². The molecule has 2 aromatic heterocycles. The van der Waals surface area contributed by atoms with Gasteiger partial charge in [-0.15, -0.1) is 0 Å². The van der Waals surface area contributed by atoms with Crippen molar-refractivity contribution in [3.05, 3.63) is 29.7 Å². The first kappa shape index (κ1) is 12.1. The molecular weight excluding hydrogens is 240 g/mol. The molecule has 0 N–H and O–H groups in total. The first-order valence-corrected chi connectivity index (χ1v) is 6.56. The van der Waals surface area contributed by atoms with E-state index in [-0.39, 0.29) is 0 Å². The first-order valence-electron chi connectivity index (χ1n) is 6.56. The molecule has 6 nitrogen and oxygen atoms in total. The molecule has 1 aliphatic heterocycles. The average molecular weight is 258 g/mol. The van der Waals surface area contributed by atoms with Crippen LogP contribution in [-0.4, -0.2) is 37.8 Å². The van der Waals surface area contributed by atoms with Crippen molar-refractivity contribution in [2.24, 2.45) is 0 Å². The summed E-state index contributed by atoms with van der Waals surface area (Å²) >= 11 is 0. The van der Waals surface area contributed by atoms with Crippen LogP contribution in [0.2, 0.25) is 0 Å². The molecule has 2 aromatic rings. The van der Waals surface area contributed by atoms with Crippen molar-refractivity contribution in [2.45, 2.75) is 33.2 Å². The minimum Gasteiger partial charge on any atom is -0.354 e. The molecule has 0 amide bonds. The maximum Gasteiger partial charge on any atom is 0.137 e. The lowest BCUT2D eigenvalue weighted by Gasteiger charge is -2.20. The van der Waals surface area contributed by atoms with E-state index < -0.39 is 0 Å². The predicted molar refractivity (Wildman–Crippen MR) is 72.1 cm³/mol.